The minimum Gasteiger partial charge on any atom is -0.364 e. The van der Waals surface area contributed by atoms with Crippen LogP contribution in [0.15, 0.2) is 42.9 Å². The van der Waals surface area contributed by atoms with Crippen molar-refractivity contribution in [3.8, 4) is 11.6 Å². The second kappa shape index (κ2) is 6.20. The number of hydrogen-bond acceptors (Lipinski definition) is 5. The van der Waals surface area contributed by atoms with Crippen LogP contribution in [0.3, 0.4) is 0 Å². The van der Waals surface area contributed by atoms with E-state index in [-0.39, 0.29) is 11.9 Å². The molecule has 1 unspecified atom stereocenters. The van der Waals surface area contributed by atoms with Crippen molar-refractivity contribution in [3.05, 3.63) is 65.5 Å². The van der Waals surface area contributed by atoms with Gasteiger partial charge in [-0.05, 0) is 43.7 Å². The van der Waals surface area contributed by atoms with Crippen LogP contribution in [0, 0.1) is 12.7 Å². The fraction of sp³-hybridized carbons (Fsp3) is 0.263. The van der Waals surface area contributed by atoms with Gasteiger partial charge in [0.05, 0.1) is 11.7 Å². The molecule has 1 aromatic carbocycles. The molecular weight excluding hydrogens is 317 g/mol. The van der Waals surface area contributed by atoms with Gasteiger partial charge in [-0.25, -0.2) is 24.3 Å². The maximum absolute atomic E-state index is 13.8. The number of aromatic nitrogens is 4. The van der Waals surface area contributed by atoms with E-state index in [1.807, 2.05) is 19.2 Å². The highest BCUT2D eigenvalue weighted by Crippen LogP contribution is 2.33. The molecule has 6 heteroatoms. The average Bonchev–Trinajstić information content (AvgIpc) is 2.61. The largest absolute Gasteiger partial charge is 0.364 e. The SMILES string of the molecule is Cc1cc(F)cc(N2CCc3nc(-c4ncccn4)ncc3C2C)c1. The summed E-state index contributed by atoms with van der Waals surface area (Å²) in [4.78, 5) is 19.7. The van der Waals surface area contributed by atoms with Crippen molar-refractivity contribution in [1.82, 2.24) is 19.9 Å². The van der Waals surface area contributed by atoms with Gasteiger partial charge in [0.15, 0.2) is 11.6 Å². The lowest BCUT2D eigenvalue weighted by molar-refractivity contribution is 0.598. The first-order valence-corrected chi connectivity index (χ1v) is 8.29. The van der Waals surface area contributed by atoms with Gasteiger partial charge in [-0.1, -0.05) is 0 Å². The quantitative estimate of drug-likeness (QED) is 0.717. The number of aryl methyl sites for hydroxylation is 1. The Morgan fingerprint density at radius 2 is 1.88 bits per heavy atom. The van der Waals surface area contributed by atoms with E-state index in [0.29, 0.717) is 11.6 Å². The Balaban J connectivity index is 1.68. The number of benzene rings is 1. The topological polar surface area (TPSA) is 54.8 Å². The smallest absolute Gasteiger partial charge is 0.197 e. The normalized spacial score (nSPS) is 16.6. The maximum Gasteiger partial charge on any atom is 0.197 e. The molecule has 0 spiro atoms. The Morgan fingerprint density at radius 3 is 2.64 bits per heavy atom. The molecule has 1 atom stereocenters. The summed E-state index contributed by atoms with van der Waals surface area (Å²) in [5.41, 5.74) is 3.88. The zero-order valence-corrected chi connectivity index (χ0v) is 14.1. The van der Waals surface area contributed by atoms with Crippen LogP contribution >= 0.6 is 0 Å². The van der Waals surface area contributed by atoms with Crippen LogP contribution < -0.4 is 4.90 Å². The van der Waals surface area contributed by atoms with Gasteiger partial charge in [0.25, 0.3) is 0 Å². The van der Waals surface area contributed by atoms with E-state index in [9.17, 15) is 4.39 Å². The Kier molecular flexibility index (Phi) is 3.87. The van der Waals surface area contributed by atoms with Crippen molar-refractivity contribution in [1.29, 1.82) is 0 Å². The van der Waals surface area contributed by atoms with Crippen LogP contribution in [0.5, 0.6) is 0 Å². The van der Waals surface area contributed by atoms with Crippen LogP contribution in [0.1, 0.15) is 29.8 Å². The predicted octanol–water partition coefficient (Wildman–Crippen LogP) is 3.50. The van der Waals surface area contributed by atoms with Crippen molar-refractivity contribution in [2.75, 3.05) is 11.4 Å². The summed E-state index contributed by atoms with van der Waals surface area (Å²) in [5, 5.41) is 0. The van der Waals surface area contributed by atoms with Crippen LogP contribution in [-0.4, -0.2) is 26.5 Å². The van der Waals surface area contributed by atoms with Crippen LogP contribution in [0.25, 0.3) is 11.6 Å². The Labute approximate surface area is 145 Å². The summed E-state index contributed by atoms with van der Waals surface area (Å²) < 4.78 is 13.8. The van der Waals surface area contributed by atoms with E-state index in [0.717, 1.165) is 35.5 Å². The minimum absolute atomic E-state index is 0.0793. The zero-order valence-electron chi connectivity index (χ0n) is 14.1. The highest BCUT2D eigenvalue weighted by Gasteiger charge is 2.26. The Hall–Kier alpha value is -2.89. The fourth-order valence-electron chi connectivity index (χ4n) is 3.32. The number of fused-ring (bicyclic) bond motifs is 1. The fourth-order valence-corrected chi connectivity index (χ4v) is 3.32. The molecule has 0 amide bonds. The lowest BCUT2D eigenvalue weighted by Crippen LogP contribution is -2.34. The second-order valence-electron chi connectivity index (χ2n) is 6.27. The van der Waals surface area contributed by atoms with Gasteiger partial charge in [-0.3, -0.25) is 0 Å². The Bertz CT molecular complexity index is 893. The third-order valence-corrected chi connectivity index (χ3v) is 4.53. The zero-order chi connectivity index (χ0) is 17.4. The molecule has 0 aliphatic carbocycles. The van der Waals surface area contributed by atoms with E-state index in [1.165, 1.54) is 0 Å². The van der Waals surface area contributed by atoms with E-state index >= 15 is 0 Å². The standard InChI is InChI=1S/C19H18FN5/c1-12-8-14(20)10-15(9-12)25-7-4-17-16(13(25)2)11-23-19(24-17)18-21-5-3-6-22-18/h3,5-6,8-11,13H,4,7H2,1-2H3. The molecule has 126 valence electrons. The molecule has 5 nitrogen and oxygen atoms in total. The number of anilines is 1. The molecule has 0 N–H and O–H groups in total. The number of nitrogens with zero attached hydrogens (tertiary/aromatic N) is 5. The highest BCUT2D eigenvalue weighted by molar-refractivity contribution is 5.53. The van der Waals surface area contributed by atoms with Crippen molar-refractivity contribution in [3.63, 3.8) is 0 Å². The van der Waals surface area contributed by atoms with Crippen LogP contribution in [0.2, 0.25) is 0 Å². The molecule has 0 radical (unpaired) electrons. The van der Waals surface area contributed by atoms with E-state index in [4.69, 9.17) is 0 Å². The number of hydrogen-bond donors (Lipinski definition) is 0. The maximum atomic E-state index is 13.8. The molecule has 0 saturated carbocycles. The monoisotopic (exact) mass is 335 g/mol. The van der Waals surface area contributed by atoms with Gasteiger partial charge >= 0.3 is 0 Å². The summed E-state index contributed by atoms with van der Waals surface area (Å²) in [5.74, 6) is 0.864. The molecular formula is C19H18FN5. The van der Waals surface area contributed by atoms with E-state index in [2.05, 4.69) is 31.8 Å². The van der Waals surface area contributed by atoms with Gasteiger partial charge in [-0.2, -0.15) is 0 Å². The molecule has 3 heterocycles. The van der Waals surface area contributed by atoms with Gasteiger partial charge < -0.3 is 4.90 Å². The molecule has 25 heavy (non-hydrogen) atoms. The van der Waals surface area contributed by atoms with Crippen LogP contribution in [0.4, 0.5) is 10.1 Å². The molecule has 0 bridgehead atoms. The first-order chi connectivity index (χ1) is 12.1. The molecule has 1 aliphatic heterocycles. The summed E-state index contributed by atoms with van der Waals surface area (Å²) in [7, 11) is 0. The minimum atomic E-state index is -0.208. The van der Waals surface area contributed by atoms with Crippen molar-refractivity contribution in [2.45, 2.75) is 26.3 Å². The van der Waals surface area contributed by atoms with Gasteiger partial charge in [0.2, 0.25) is 0 Å². The first-order valence-electron chi connectivity index (χ1n) is 8.29. The lowest BCUT2D eigenvalue weighted by Gasteiger charge is -2.36. The molecule has 2 aromatic heterocycles. The summed E-state index contributed by atoms with van der Waals surface area (Å²) in [6.45, 7) is 4.79. The number of halogens is 1. The van der Waals surface area contributed by atoms with Gasteiger partial charge in [0, 0.05) is 42.8 Å². The van der Waals surface area contributed by atoms with Gasteiger partial charge in [-0.15, -0.1) is 0 Å². The summed E-state index contributed by atoms with van der Waals surface area (Å²) in [6.07, 6.45) is 5.98. The number of rotatable bonds is 2. The molecule has 4 rings (SSSR count). The predicted molar refractivity (Wildman–Crippen MR) is 93.7 cm³/mol. The van der Waals surface area contributed by atoms with Crippen molar-refractivity contribution < 1.29 is 4.39 Å². The molecule has 1 aliphatic rings. The Morgan fingerprint density at radius 1 is 1.08 bits per heavy atom. The first kappa shape index (κ1) is 15.6. The molecule has 3 aromatic rings. The highest BCUT2D eigenvalue weighted by atomic mass is 19.1. The molecule has 0 saturated heterocycles. The third kappa shape index (κ3) is 2.95. The van der Waals surface area contributed by atoms with Gasteiger partial charge in [0.1, 0.15) is 5.82 Å². The summed E-state index contributed by atoms with van der Waals surface area (Å²) in [6, 6.07) is 6.99. The van der Waals surface area contributed by atoms with Crippen molar-refractivity contribution in [2.24, 2.45) is 0 Å². The summed E-state index contributed by atoms with van der Waals surface area (Å²) >= 11 is 0. The van der Waals surface area contributed by atoms with Crippen LogP contribution in [-0.2, 0) is 6.42 Å². The second-order valence-corrected chi connectivity index (χ2v) is 6.27. The van der Waals surface area contributed by atoms with E-state index in [1.54, 1.807) is 30.6 Å². The average molecular weight is 335 g/mol. The van der Waals surface area contributed by atoms with Crippen molar-refractivity contribution >= 4 is 5.69 Å². The van der Waals surface area contributed by atoms with E-state index < -0.39 is 0 Å². The lowest BCUT2D eigenvalue weighted by atomic mass is 9.98. The molecule has 0 fully saturated rings. The third-order valence-electron chi connectivity index (χ3n) is 4.53.